The van der Waals surface area contributed by atoms with Crippen molar-refractivity contribution in [2.45, 2.75) is 0 Å². The van der Waals surface area contributed by atoms with Crippen molar-refractivity contribution in [3.8, 4) is 0 Å². The van der Waals surface area contributed by atoms with Gasteiger partial charge in [-0.2, -0.15) is 0 Å². The van der Waals surface area contributed by atoms with Crippen molar-refractivity contribution in [3.63, 3.8) is 0 Å². The van der Waals surface area contributed by atoms with Crippen LogP contribution >= 0.6 is 26.4 Å². The van der Waals surface area contributed by atoms with Crippen molar-refractivity contribution < 1.29 is 0 Å². The molecule has 4 rings (SSSR count). The second-order valence-corrected chi connectivity index (χ2v) is 15.5. The van der Waals surface area contributed by atoms with Crippen LogP contribution in [0.15, 0.2) is 110 Å². The molecule has 0 fully saturated rings. The summed E-state index contributed by atoms with van der Waals surface area (Å²) in [5.74, 6) is 0. The van der Waals surface area contributed by atoms with Crippen LogP contribution in [-0.2, 0) is 0 Å². The molecule has 0 radical (unpaired) electrons. The van der Waals surface area contributed by atoms with Gasteiger partial charge in [-0.15, -0.1) is 0 Å². The molecule has 4 heteroatoms. The van der Waals surface area contributed by atoms with Crippen molar-refractivity contribution in [1.29, 1.82) is 0 Å². The molecule has 0 aliphatic rings. The molecule has 0 amide bonds. The number of benzene rings is 3. The first-order valence-corrected chi connectivity index (χ1v) is 13.1. The van der Waals surface area contributed by atoms with E-state index in [4.69, 9.17) is 0 Å². The number of halogens is 1. The minimum atomic E-state index is -2.94. The Morgan fingerprint density at radius 2 is 1.04 bits per heavy atom. The Morgan fingerprint density at radius 1 is 0.640 bits per heavy atom. The van der Waals surface area contributed by atoms with Gasteiger partial charge in [0.25, 0.3) is 0 Å². The van der Waals surface area contributed by atoms with Gasteiger partial charge < -0.3 is 0 Å². The summed E-state index contributed by atoms with van der Waals surface area (Å²) in [4.78, 5) is 4.40. The van der Waals surface area contributed by atoms with Gasteiger partial charge in [0.1, 0.15) is 0 Å². The van der Waals surface area contributed by atoms with E-state index in [-0.39, 0.29) is 0 Å². The van der Waals surface area contributed by atoms with E-state index in [1.54, 1.807) is 0 Å². The van der Waals surface area contributed by atoms with Gasteiger partial charge in [-0.25, -0.2) is 0 Å². The molecule has 0 aliphatic carbocycles. The van der Waals surface area contributed by atoms with Gasteiger partial charge in [-0.3, -0.25) is 0 Å². The third-order valence-electron chi connectivity index (χ3n) is 4.61. The normalized spacial score (nSPS) is 13.1. The van der Waals surface area contributed by atoms with E-state index in [0.29, 0.717) is 0 Å². The van der Waals surface area contributed by atoms with E-state index in [0.717, 1.165) is 0 Å². The van der Waals surface area contributed by atoms with E-state index in [2.05, 4.69) is 129 Å². The van der Waals surface area contributed by atoms with Gasteiger partial charge in [-0.05, 0) is 0 Å². The van der Waals surface area contributed by atoms with Crippen LogP contribution in [0.3, 0.4) is 0 Å². The molecule has 4 aromatic rings. The Labute approximate surface area is 161 Å². The zero-order valence-electron chi connectivity index (χ0n) is 13.6. The van der Waals surface area contributed by atoms with Crippen molar-refractivity contribution >= 4 is 42.4 Å². The van der Waals surface area contributed by atoms with Gasteiger partial charge >= 0.3 is 161 Å². The van der Waals surface area contributed by atoms with E-state index in [1.807, 2.05) is 12.5 Å². The second-order valence-electron chi connectivity index (χ2n) is 5.91. The zero-order chi connectivity index (χ0) is 17.2. The maximum absolute atomic E-state index is 4.40. The molecule has 25 heavy (non-hydrogen) atoms. The number of hydrogen-bond donors (Lipinski definition) is 0. The monoisotopic (exact) mass is 456 g/mol. The summed E-state index contributed by atoms with van der Waals surface area (Å²) in [6.07, 6.45) is 5.92. The third kappa shape index (κ3) is 2.37. The number of hydrogen-bond acceptors (Lipinski definition) is 1. The molecule has 0 atom stereocenters. The Morgan fingerprint density at radius 3 is 1.36 bits per heavy atom. The SMILES string of the molecule is IP(c1ccccc1)(c1ccccc1)(c1ccccc1)n1ccnc1. The minimum absolute atomic E-state index is 1.31. The second kappa shape index (κ2) is 6.40. The number of aromatic nitrogens is 2. The van der Waals surface area contributed by atoms with Crippen molar-refractivity contribution in [2.24, 2.45) is 0 Å². The number of nitrogens with zero attached hydrogens (tertiary/aromatic N) is 2. The molecule has 1 aromatic heterocycles. The van der Waals surface area contributed by atoms with E-state index < -0.39 is 4.40 Å². The van der Waals surface area contributed by atoms with Crippen LogP contribution in [0, 0.1) is 0 Å². The summed E-state index contributed by atoms with van der Waals surface area (Å²) < 4.78 is -0.612. The van der Waals surface area contributed by atoms with Gasteiger partial charge in [0, 0.05) is 0 Å². The molecule has 1 heterocycles. The molecule has 0 unspecified atom stereocenters. The molecule has 0 saturated heterocycles. The first-order chi connectivity index (χ1) is 12.2. The first-order valence-electron chi connectivity index (χ1n) is 8.14. The summed E-state index contributed by atoms with van der Waals surface area (Å²) in [5.41, 5.74) is 0. The molecule has 0 spiro atoms. The fourth-order valence-electron chi connectivity index (χ4n) is 3.42. The van der Waals surface area contributed by atoms with Crippen LogP contribution in [-0.4, -0.2) is 9.32 Å². The molecule has 3 aromatic carbocycles. The Kier molecular flexibility index (Phi) is 4.22. The Hall–Kier alpha value is -1.97. The fourth-order valence-corrected chi connectivity index (χ4v) is 11.5. The third-order valence-corrected chi connectivity index (χ3v) is 15.9. The molecule has 2 nitrogen and oxygen atoms in total. The van der Waals surface area contributed by atoms with E-state index in [9.17, 15) is 0 Å². The molecular formula is C21H18IN2P. The predicted octanol–water partition coefficient (Wildman–Crippen LogP) is 4.53. The molecule has 0 aliphatic heterocycles. The molecule has 0 N–H and O–H groups in total. The number of imidazole rings is 1. The first kappa shape index (κ1) is 16.5. The fraction of sp³-hybridized carbons (Fsp3) is 0. The van der Waals surface area contributed by atoms with Gasteiger partial charge in [0.05, 0.1) is 0 Å². The molecule has 0 bridgehead atoms. The average molecular weight is 456 g/mol. The van der Waals surface area contributed by atoms with E-state index in [1.165, 1.54) is 15.9 Å². The van der Waals surface area contributed by atoms with Crippen molar-refractivity contribution in [1.82, 2.24) is 9.32 Å². The van der Waals surface area contributed by atoms with Crippen LogP contribution in [0.25, 0.3) is 0 Å². The molecule has 124 valence electrons. The molecular weight excluding hydrogens is 438 g/mol. The van der Waals surface area contributed by atoms with Crippen LogP contribution < -0.4 is 15.9 Å². The predicted molar refractivity (Wildman–Crippen MR) is 117 cm³/mol. The number of rotatable bonds is 4. The van der Waals surface area contributed by atoms with Crippen LogP contribution in [0.5, 0.6) is 0 Å². The molecule has 0 saturated carbocycles. The van der Waals surface area contributed by atoms with Gasteiger partial charge in [0.2, 0.25) is 0 Å². The summed E-state index contributed by atoms with van der Waals surface area (Å²) in [7, 11) is 0. The quantitative estimate of drug-likeness (QED) is 0.326. The van der Waals surface area contributed by atoms with Crippen molar-refractivity contribution in [3.05, 3.63) is 110 Å². The maximum atomic E-state index is 4.40. The standard InChI is InChI=1S/C21H18IN2P/c22-25(24-17-16-23-18-24,19-10-4-1-5-11-19,20-12-6-2-7-13-20)21-14-8-3-9-15-21/h1-18H. The topological polar surface area (TPSA) is 17.8 Å². The Bertz CT molecular complexity index is 855. The Balaban J connectivity index is 2.22. The summed E-state index contributed by atoms with van der Waals surface area (Å²) in [6, 6.07) is 32.4. The summed E-state index contributed by atoms with van der Waals surface area (Å²) >= 11 is 2.72. The van der Waals surface area contributed by atoms with Crippen molar-refractivity contribution in [2.75, 3.05) is 0 Å². The van der Waals surface area contributed by atoms with Gasteiger partial charge in [0.15, 0.2) is 0 Å². The zero-order valence-corrected chi connectivity index (χ0v) is 16.7. The van der Waals surface area contributed by atoms with Crippen LogP contribution in [0.2, 0.25) is 0 Å². The summed E-state index contributed by atoms with van der Waals surface area (Å²) in [5, 5.41) is 3.93. The van der Waals surface area contributed by atoms with Gasteiger partial charge in [-0.1, -0.05) is 0 Å². The summed E-state index contributed by atoms with van der Waals surface area (Å²) in [6.45, 7) is 0. The van der Waals surface area contributed by atoms with Crippen LogP contribution in [0.1, 0.15) is 0 Å². The van der Waals surface area contributed by atoms with Crippen LogP contribution in [0.4, 0.5) is 0 Å². The average Bonchev–Trinajstić information content (AvgIpc) is 3.25. The van der Waals surface area contributed by atoms with E-state index >= 15 is 0 Å².